The number of aromatic nitrogens is 2. The van der Waals surface area contributed by atoms with Gasteiger partial charge in [0.25, 0.3) is 5.56 Å². The van der Waals surface area contributed by atoms with Gasteiger partial charge in [-0.05, 0) is 61.8 Å². The molecule has 0 aliphatic carbocycles. The SMILES string of the molecule is CC(NC(=O)CCCCCn1c(=S)[nH]c2ccccc2c1=O)c1ccc(Cl)cc1. The van der Waals surface area contributed by atoms with Gasteiger partial charge in [-0.25, -0.2) is 0 Å². The Morgan fingerprint density at radius 2 is 1.86 bits per heavy atom. The molecule has 152 valence electrons. The van der Waals surface area contributed by atoms with Crippen LogP contribution in [0.25, 0.3) is 10.9 Å². The summed E-state index contributed by atoms with van der Waals surface area (Å²) in [5.41, 5.74) is 1.71. The first-order chi connectivity index (χ1) is 14.0. The van der Waals surface area contributed by atoms with Crippen molar-refractivity contribution < 1.29 is 4.79 Å². The predicted molar refractivity (Wildman–Crippen MR) is 120 cm³/mol. The Kier molecular flexibility index (Phi) is 7.23. The molecule has 2 aromatic carbocycles. The first kappa shape index (κ1) is 21.3. The minimum absolute atomic E-state index is 0.0209. The monoisotopic (exact) mass is 429 g/mol. The van der Waals surface area contributed by atoms with Crippen LogP contribution in [0, 0.1) is 4.77 Å². The second-order valence-electron chi connectivity index (χ2n) is 7.08. The van der Waals surface area contributed by atoms with E-state index in [2.05, 4.69) is 10.3 Å². The van der Waals surface area contributed by atoms with Crippen molar-refractivity contribution in [3.05, 3.63) is 74.2 Å². The summed E-state index contributed by atoms with van der Waals surface area (Å²) in [5, 5.41) is 4.32. The van der Waals surface area contributed by atoms with Gasteiger partial charge in [-0.2, -0.15) is 0 Å². The molecular formula is C22H24ClN3O2S. The molecule has 0 fully saturated rings. The lowest BCUT2D eigenvalue weighted by molar-refractivity contribution is -0.121. The zero-order chi connectivity index (χ0) is 20.8. The van der Waals surface area contributed by atoms with Crippen molar-refractivity contribution in [2.24, 2.45) is 0 Å². The third-order valence-corrected chi connectivity index (χ3v) is 5.50. The van der Waals surface area contributed by atoms with Crippen molar-refractivity contribution in [2.45, 2.75) is 45.2 Å². The Morgan fingerprint density at radius 3 is 2.62 bits per heavy atom. The van der Waals surface area contributed by atoms with Gasteiger partial charge in [-0.1, -0.05) is 42.3 Å². The molecule has 0 aliphatic rings. The van der Waals surface area contributed by atoms with Crippen LogP contribution in [-0.2, 0) is 11.3 Å². The Hall–Kier alpha value is -2.44. The number of benzene rings is 2. The summed E-state index contributed by atoms with van der Waals surface area (Å²) in [5.74, 6) is 0.0209. The van der Waals surface area contributed by atoms with Crippen molar-refractivity contribution in [1.82, 2.24) is 14.9 Å². The van der Waals surface area contributed by atoms with E-state index in [1.54, 1.807) is 10.6 Å². The van der Waals surface area contributed by atoms with E-state index in [4.69, 9.17) is 23.8 Å². The fourth-order valence-electron chi connectivity index (χ4n) is 3.28. The summed E-state index contributed by atoms with van der Waals surface area (Å²) in [7, 11) is 0. The lowest BCUT2D eigenvalue weighted by Crippen LogP contribution is -2.26. The molecule has 1 amide bonds. The van der Waals surface area contributed by atoms with Crippen LogP contribution in [0.4, 0.5) is 0 Å². The molecule has 0 radical (unpaired) electrons. The number of hydrogen-bond acceptors (Lipinski definition) is 3. The van der Waals surface area contributed by atoms with E-state index in [0.29, 0.717) is 28.1 Å². The van der Waals surface area contributed by atoms with Gasteiger partial charge in [0.1, 0.15) is 0 Å². The fraction of sp³-hybridized carbons (Fsp3) is 0.318. The number of para-hydroxylation sites is 1. The number of nitrogens with one attached hydrogen (secondary N) is 2. The van der Waals surface area contributed by atoms with Crippen molar-refractivity contribution in [1.29, 1.82) is 0 Å². The van der Waals surface area contributed by atoms with Gasteiger partial charge in [0, 0.05) is 18.0 Å². The largest absolute Gasteiger partial charge is 0.350 e. The lowest BCUT2D eigenvalue weighted by atomic mass is 10.1. The number of carbonyl (C=O) groups is 1. The van der Waals surface area contributed by atoms with Crippen LogP contribution in [0.1, 0.15) is 44.2 Å². The number of nitrogens with zero attached hydrogens (tertiary/aromatic N) is 1. The maximum atomic E-state index is 12.6. The van der Waals surface area contributed by atoms with Crippen LogP contribution in [-0.4, -0.2) is 15.5 Å². The second-order valence-corrected chi connectivity index (χ2v) is 7.91. The van der Waals surface area contributed by atoms with Gasteiger partial charge in [0.05, 0.1) is 16.9 Å². The summed E-state index contributed by atoms with van der Waals surface area (Å²) in [6, 6.07) is 14.8. The molecule has 29 heavy (non-hydrogen) atoms. The number of aromatic amines is 1. The van der Waals surface area contributed by atoms with Gasteiger partial charge >= 0.3 is 0 Å². The first-order valence-electron chi connectivity index (χ1n) is 9.72. The van der Waals surface area contributed by atoms with E-state index in [9.17, 15) is 9.59 Å². The van der Waals surface area contributed by atoms with E-state index in [-0.39, 0.29) is 17.5 Å². The van der Waals surface area contributed by atoms with Crippen molar-refractivity contribution in [3.63, 3.8) is 0 Å². The molecule has 0 saturated heterocycles. The molecule has 7 heteroatoms. The molecular weight excluding hydrogens is 406 g/mol. The Bertz CT molecular complexity index is 1110. The Morgan fingerprint density at radius 1 is 1.14 bits per heavy atom. The summed E-state index contributed by atoms with van der Waals surface area (Å²) in [6.45, 7) is 2.50. The van der Waals surface area contributed by atoms with Crippen LogP contribution in [0.3, 0.4) is 0 Å². The molecule has 1 heterocycles. The molecule has 3 aromatic rings. The smallest absolute Gasteiger partial charge is 0.262 e. The highest BCUT2D eigenvalue weighted by Gasteiger charge is 2.10. The molecule has 1 aromatic heterocycles. The molecule has 0 aliphatic heterocycles. The minimum atomic E-state index is -0.0705. The minimum Gasteiger partial charge on any atom is -0.350 e. The van der Waals surface area contributed by atoms with Gasteiger partial charge in [0.15, 0.2) is 4.77 Å². The highest BCUT2D eigenvalue weighted by atomic mass is 35.5. The normalized spacial score (nSPS) is 12.1. The predicted octanol–water partition coefficient (Wildman–Crippen LogP) is 5.15. The molecule has 3 rings (SSSR count). The van der Waals surface area contributed by atoms with Crippen molar-refractivity contribution in [2.75, 3.05) is 0 Å². The third-order valence-electron chi connectivity index (χ3n) is 4.92. The fourth-order valence-corrected chi connectivity index (χ4v) is 3.69. The maximum Gasteiger partial charge on any atom is 0.262 e. The van der Waals surface area contributed by atoms with Crippen LogP contribution >= 0.6 is 23.8 Å². The van der Waals surface area contributed by atoms with Crippen molar-refractivity contribution in [3.8, 4) is 0 Å². The number of carbonyl (C=O) groups excluding carboxylic acids is 1. The van der Waals surface area contributed by atoms with Crippen LogP contribution in [0.2, 0.25) is 5.02 Å². The zero-order valence-corrected chi connectivity index (χ0v) is 17.9. The van der Waals surface area contributed by atoms with Crippen LogP contribution < -0.4 is 10.9 Å². The Balaban J connectivity index is 1.46. The summed E-state index contributed by atoms with van der Waals surface area (Å²) < 4.78 is 2.03. The first-order valence-corrected chi connectivity index (χ1v) is 10.5. The number of unbranched alkanes of at least 4 members (excludes halogenated alkanes) is 2. The number of rotatable bonds is 8. The van der Waals surface area contributed by atoms with E-state index >= 15 is 0 Å². The topological polar surface area (TPSA) is 66.9 Å². The van der Waals surface area contributed by atoms with Gasteiger partial charge < -0.3 is 10.3 Å². The molecule has 0 spiro atoms. The van der Waals surface area contributed by atoms with Crippen molar-refractivity contribution >= 4 is 40.6 Å². The van der Waals surface area contributed by atoms with Gasteiger partial charge in [-0.15, -0.1) is 0 Å². The summed E-state index contributed by atoms with van der Waals surface area (Å²) >= 11 is 11.2. The molecule has 2 N–H and O–H groups in total. The molecule has 1 atom stereocenters. The molecule has 5 nitrogen and oxygen atoms in total. The van der Waals surface area contributed by atoms with E-state index < -0.39 is 0 Å². The van der Waals surface area contributed by atoms with E-state index in [0.717, 1.165) is 30.3 Å². The molecule has 0 saturated carbocycles. The highest BCUT2D eigenvalue weighted by molar-refractivity contribution is 7.71. The van der Waals surface area contributed by atoms with Crippen LogP contribution in [0.15, 0.2) is 53.3 Å². The van der Waals surface area contributed by atoms with Gasteiger partial charge in [-0.3, -0.25) is 14.2 Å². The Labute approximate surface area is 179 Å². The zero-order valence-electron chi connectivity index (χ0n) is 16.3. The summed E-state index contributed by atoms with van der Waals surface area (Å²) in [6.07, 6.45) is 2.85. The molecule has 0 bridgehead atoms. The number of H-pyrrole nitrogens is 1. The number of amides is 1. The highest BCUT2D eigenvalue weighted by Crippen LogP contribution is 2.16. The molecule has 1 unspecified atom stereocenters. The third kappa shape index (κ3) is 5.55. The number of hydrogen-bond donors (Lipinski definition) is 2. The average molecular weight is 430 g/mol. The average Bonchev–Trinajstić information content (AvgIpc) is 2.70. The van der Waals surface area contributed by atoms with E-state index in [1.165, 1.54) is 0 Å². The maximum absolute atomic E-state index is 12.6. The lowest BCUT2D eigenvalue weighted by Gasteiger charge is -2.14. The number of fused-ring (bicyclic) bond motifs is 1. The number of halogens is 1. The second kappa shape index (κ2) is 9.85. The van der Waals surface area contributed by atoms with Crippen LogP contribution in [0.5, 0.6) is 0 Å². The summed E-state index contributed by atoms with van der Waals surface area (Å²) in [4.78, 5) is 27.9. The van der Waals surface area contributed by atoms with Gasteiger partial charge in [0.2, 0.25) is 5.91 Å². The quantitative estimate of drug-likeness (QED) is 0.384. The standard InChI is InChI=1S/C22H24ClN3O2S/c1-15(16-10-12-17(23)13-11-16)24-20(27)9-3-2-6-14-26-21(28)18-7-4-5-8-19(18)25-22(26)29/h4-5,7-8,10-13,15H,2-3,6,9,14H2,1H3,(H,24,27)(H,25,29). The van der Waals surface area contributed by atoms with E-state index in [1.807, 2.05) is 49.4 Å².